The number of hydrogen-bond donors (Lipinski definition) is 0. The topological polar surface area (TPSA) is 0 Å². The molecule has 0 saturated heterocycles. The minimum Gasteiger partial charge on any atom is 0 e. The normalized spacial score (nSPS) is 0. The largest absolute Gasteiger partial charge is 0 e. The van der Waals surface area contributed by atoms with Crippen LogP contribution in [0.1, 0.15) is 0 Å². The van der Waals surface area contributed by atoms with Crippen LogP contribution < -0.4 is 0 Å². The Hall–Kier alpha value is 1.94. The Morgan fingerprint density at radius 3 is 0.750 bits per heavy atom. The molecular weight excluding hydrogens is 69.0 g/mol. The zero-order valence-electron chi connectivity index (χ0n) is 3.08. The van der Waals surface area contributed by atoms with Crippen molar-refractivity contribution < 1.29 is 0 Å². The van der Waals surface area contributed by atoms with Gasteiger partial charge in [-0.05, 0) is 0 Å². The summed E-state index contributed by atoms with van der Waals surface area (Å²) in [5.41, 5.74) is 0. The van der Waals surface area contributed by atoms with Crippen LogP contribution in [0.4, 0.5) is 0 Å². The van der Waals surface area contributed by atoms with E-state index in [0.29, 0.717) is 0 Å². The van der Waals surface area contributed by atoms with Gasteiger partial charge in [-0.15, -0.1) is 0 Å². The van der Waals surface area contributed by atoms with Gasteiger partial charge in [0, 0.05) is 66.0 Å². The summed E-state index contributed by atoms with van der Waals surface area (Å²) in [5, 5.41) is 0. The zero-order valence-corrected chi connectivity index (χ0v) is 5.23. The van der Waals surface area contributed by atoms with Crippen LogP contribution in [0.2, 0.25) is 0 Å². The van der Waals surface area contributed by atoms with Gasteiger partial charge < -0.3 is 0 Å². The molecule has 0 aliphatic carbocycles. The maximum atomic E-state index is 0. The summed E-state index contributed by atoms with van der Waals surface area (Å²) in [4.78, 5) is 0. The summed E-state index contributed by atoms with van der Waals surface area (Å²) in [6, 6.07) is 0. The molecule has 0 fully saturated rings. The minimum atomic E-state index is 0. The van der Waals surface area contributed by atoms with Crippen molar-refractivity contribution in [2.24, 2.45) is 0 Å². The average molecular weight is 69.0 g/mol. The van der Waals surface area contributed by atoms with Gasteiger partial charge in [-0.2, -0.15) is 0 Å². The molecule has 0 heterocycles. The molecule has 0 aromatic carbocycles. The van der Waals surface area contributed by atoms with Crippen molar-refractivity contribution in [3.05, 3.63) is 0 Å². The third-order valence-corrected chi connectivity index (χ3v) is 0. The Morgan fingerprint density at radius 1 is 0.750 bits per heavy atom. The van der Waals surface area contributed by atoms with Gasteiger partial charge in [-0.25, -0.2) is 0 Å². The average Bonchev–Trinajstić information content (AvgIpc) is 0. The SMILES string of the molecule is [Al].[Li].[Li].[Si]. The second-order valence-corrected chi connectivity index (χ2v) is 0. The molecule has 0 aliphatic rings. The van der Waals surface area contributed by atoms with Gasteiger partial charge in [0.2, 0.25) is 0 Å². The Kier molecular flexibility index (Phi) is 196. The van der Waals surface area contributed by atoms with Crippen LogP contribution in [0.5, 0.6) is 0 Å². The van der Waals surface area contributed by atoms with Crippen molar-refractivity contribution in [3.8, 4) is 0 Å². The monoisotopic (exact) mass is 69.0 g/mol. The first-order chi connectivity index (χ1) is 0. The van der Waals surface area contributed by atoms with E-state index in [2.05, 4.69) is 0 Å². The summed E-state index contributed by atoms with van der Waals surface area (Å²) in [7, 11) is 0. The van der Waals surface area contributed by atoms with Gasteiger partial charge in [0.05, 0.1) is 0 Å². The molecule has 0 amide bonds. The van der Waals surface area contributed by atoms with Crippen LogP contribution >= 0.6 is 0 Å². The van der Waals surface area contributed by atoms with E-state index < -0.39 is 0 Å². The fourth-order valence-corrected chi connectivity index (χ4v) is 0. The maximum absolute atomic E-state index is 0. The van der Waals surface area contributed by atoms with Crippen molar-refractivity contribution in [2.45, 2.75) is 0 Å². The van der Waals surface area contributed by atoms with Crippen molar-refractivity contribution in [1.82, 2.24) is 0 Å². The van der Waals surface area contributed by atoms with Gasteiger partial charge >= 0.3 is 0 Å². The number of hydrogen-bond acceptors (Lipinski definition) is 0. The fourth-order valence-electron chi connectivity index (χ4n) is 0. The van der Waals surface area contributed by atoms with Crippen LogP contribution in [0, 0.1) is 0 Å². The van der Waals surface area contributed by atoms with Crippen LogP contribution in [-0.2, 0) is 0 Å². The van der Waals surface area contributed by atoms with E-state index in [0.717, 1.165) is 0 Å². The van der Waals surface area contributed by atoms with Crippen LogP contribution in [0.15, 0.2) is 0 Å². The Balaban J connectivity index is 0. The molecule has 0 N–H and O–H groups in total. The van der Waals surface area contributed by atoms with E-state index in [1.165, 1.54) is 0 Å². The van der Waals surface area contributed by atoms with E-state index in [9.17, 15) is 0 Å². The molecule has 4 heavy (non-hydrogen) atoms. The van der Waals surface area contributed by atoms with E-state index in [1.807, 2.05) is 0 Å². The Morgan fingerprint density at radius 2 is 0.750 bits per heavy atom. The second-order valence-electron chi connectivity index (χ2n) is 0. The quantitative estimate of drug-likeness (QED) is 0.303. The zero-order chi connectivity index (χ0) is 0. The predicted molar refractivity (Wildman–Crippen MR) is 23.0 cm³/mol. The van der Waals surface area contributed by atoms with E-state index in [1.54, 1.807) is 0 Å². The molecule has 0 atom stereocenters. The molecule has 0 aromatic rings. The molecule has 0 saturated carbocycles. The third kappa shape index (κ3) is 9.05. The molecule has 0 bridgehead atoms. The van der Waals surface area contributed by atoms with Crippen LogP contribution in [-0.4, -0.2) is 66.0 Å². The van der Waals surface area contributed by atoms with E-state index >= 15 is 0 Å². The van der Waals surface area contributed by atoms with Gasteiger partial charge in [0.15, 0.2) is 0 Å². The molecule has 0 spiro atoms. The third-order valence-electron chi connectivity index (χ3n) is 0. The second kappa shape index (κ2) is 20.3. The van der Waals surface area contributed by atoms with Crippen LogP contribution in [0.3, 0.4) is 0 Å². The standard InChI is InChI=1S/Al.2Li.Si. The first-order valence-corrected chi connectivity index (χ1v) is 0. The summed E-state index contributed by atoms with van der Waals surface area (Å²) >= 11 is 0. The van der Waals surface area contributed by atoms with Crippen molar-refractivity contribution in [3.63, 3.8) is 0 Å². The van der Waals surface area contributed by atoms with Crippen molar-refractivity contribution >= 4 is 66.0 Å². The summed E-state index contributed by atoms with van der Waals surface area (Å²) in [6.45, 7) is 0. The molecule has 4 heteroatoms. The minimum absolute atomic E-state index is 0. The Bertz CT molecular complexity index is 6.00. The molecule has 0 unspecified atom stereocenters. The molecule has 9 valence electrons. The molecule has 0 aromatic heterocycles. The first-order valence-electron chi connectivity index (χ1n) is 0. The smallest absolute Gasteiger partial charge is 0 e. The summed E-state index contributed by atoms with van der Waals surface area (Å²) in [5.74, 6) is 0. The molecule has 0 rings (SSSR count). The van der Waals surface area contributed by atoms with Crippen molar-refractivity contribution in [1.29, 1.82) is 0 Å². The van der Waals surface area contributed by atoms with Crippen LogP contribution in [0.25, 0.3) is 0 Å². The Labute approximate surface area is 65.6 Å². The molecule has 9 radical (unpaired) electrons. The first kappa shape index (κ1) is 38.4. The van der Waals surface area contributed by atoms with Crippen molar-refractivity contribution in [2.75, 3.05) is 0 Å². The van der Waals surface area contributed by atoms with Gasteiger partial charge in [-0.3, -0.25) is 0 Å². The maximum Gasteiger partial charge on any atom is 0 e. The van der Waals surface area contributed by atoms with Gasteiger partial charge in [-0.1, -0.05) is 0 Å². The number of rotatable bonds is 0. The van der Waals surface area contributed by atoms with Gasteiger partial charge in [0.1, 0.15) is 0 Å². The fraction of sp³-hybridized carbons (Fsp3) is 0. The summed E-state index contributed by atoms with van der Waals surface area (Å²) in [6.07, 6.45) is 0. The summed E-state index contributed by atoms with van der Waals surface area (Å²) < 4.78 is 0. The molecule has 0 nitrogen and oxygen atoms in total. The van der Waals surface area contributed by atoms with Gasteiger partial charge in [0.25, 0.3) is 0 Å². The molecule has 0 aliphatic heterocycles. The van der Waals surface area contributed by atoms with E-state index in [-0.39, 0.29) is 66.0 Å². The van der Waals surface area contributed by atoms with E-state index in [4.69, 9.17) is 0 Å². The molecular formula is AlLi2Si. The predicted octanol–water partition coefficient (Wildman–Crippen LogP) is -1.52.